The lowest BCUT2D eigenvalue weighted by molar-refractivity contribution is 0.130. The second kappa shape index (κ2) is 9.61. The van der Waals surface area contributed by atoms with Crippen LogP contribution in [0.25, 0.3) is 5.78 Å². The van der Waals surface area contributed by atoms with Gasteiger partial charge >= 0.3 is 0 Å². The molecule has 0 aliphatic heterocycles. The molecule has 3 rings (SSSR count). The van der Waals surface area contributed by atoms with Gasteiger partial charge in [0.15, 0.2) is 0 Å². The zero-order valence-electron chi connectivity index (χ0n) is 17.8. The molecule has 5 heteroatoms. The van der Waals surface area contributed by atoms with Crippen LogP contribution in [0.15, 0.2) is 29.5 Å². The third-order valence-corrected chi connectivity index (χ3v) is 5.35. The summed E-state index contributed by atoms with van der Waals surface area (Å²) in [6.45, 7) is 16.1. The van der Waals surface area contributed by atoms with Gasteiger partial charge in [0.25, 0.3) is 0 Å². The summed E-state index contributed by atoms with van der Waals surface area (Å²) in [4.78, 5) is 4.91. The fraction of sp³-hybridized carbons (Fsp3) is 0.591. The first-order valence-corrected chi connectivity index (χ1v) is 10.5. The van der Waals surface area contributed by atoms with Crippen molar-refractivity contribution in [3.8, 4) is 0 Å². The predicted octanol–water partition coefficient (Wildman–Crippen LogP) is 6.39. The van der Waals surface area contributed by atoms with Gasteiger partial charge in [-0.15, -0.1) is 0 Å². The smallest absolute Gasteiger partial charge is 0.216 e. The first-order valence-electron chi connectivity index (χ1n) is 10.2. The molecule has 0 bridgehead atoms. The second-order valence-electron chi connectivity index (χ2n) is 6.96. The van der Waals surface area contributed by atoms with Crippen molar-refractivity contribution in [1.82, 2.24) is 14.0 Å². The Bertz CT molecular complexity index is 828. The van der Waals surface area contributed by atoms with Crippen molar-refractivity contribution in [3.05, 3.63) is 46.0 Å². The van der Waals surface area contributed by atoms with Gasteiger partial charge < -0.3 is 4.74 Å². The number of imidazole rings is 2. The van der Waals surface area contributed by atoms with Gasteiger partial charge in [-0.2, -0.15) is 0 Å². The quantitative estimate of drug-likeness (QED) is 0.553. The number of nitrogens with zero attached hydrogens (tertiary/aromatic N) is 3. The van der Waals surface area contributed by atoms with Crippen LogP contribution >= 0.6 is 11.6 Å². The standard InChI is InChI=1S/C20H28ClN3O.C2H6/c1-6-16-17(12-25-7-2)23-11-18(21)24(20(23)22-16)19-14(4)9-8-13(3)10-15(19)5;1-2/h9-11,15,19H,6-8,12H2,1-5H3;1-2H3. The van der Waals surface area contributed by atoms with E-state index in [9.17, 15) is 0 Å². The van der Waals surface area contributed by atoms with Crippen molar-refractivity contribution in [2.24, 2.45) is 5.92 Å². The molecule has 0 N–H and O–H groups in total. The van der Waals surface area contributed by atoms with Gasteiger partial charge in [-0.3, -0.25) is 8.97 Å². The number of halogens is 1. The predicted molar refractivity (Wildman–Crippen MR) is 115 cm³/mol. The molecule has 2 aromatic rings. The van der Waals surface area contributed by atoms with E-state index in [-0.39, 0.29) is 6.04 Å². The first-order chi connectivity index (χ1) is 13.0. The van der Waals surface area contributed by atoms with Crippen molar-refractivity contribution >= 4 is 17.4 Å². The van der Waals surface area contributed by atoms with Crippen LogP contribution in [-0.2, 0) is 17.8 Å². The molecule has 150 valence electrons. The van der Waals surface area contributed by atoms with Crippen LogP contribution in [0.1, 0.15) is 72.3 Å². The number of fused-ring (bicyclic) bond motifs is 1. The molecule has 2 unspecified atom stereocenters. The van der Waals surface area contributed by atoms with Crippen molar-refractivity contribution in [3.63, 3.8) is 0 Å². The third-order valence-electron chi connectivity index (χ3n) is 5.07. The molecule has 0 aromatic carbocycles. The molecule has 1 aliphatic rings. The Labute approximate surface area is 168 Å². The Morgan fingerprint density at radius 2 is 1.96 bits per heavy atom. The lowest BCUT2D eigenvalue weighted by Crippen LogP contribution is -2.17. The Hall–Kier alpha value is -1.52. The highest BCUT2D eigenvalue weighted by atomic mass is 35.5. The molecular formula is C22H34ClN3O. The highest BCUT2D eigenvalue weighted by Crippen LogP contribution is 2.36. The zero-order valence-corrected chi connectivity index (χ0v) is 18.6. The summed E-state index contributed by atoms with van der Waals surface area (Å²) >= 11 is 6.68. The molecule has 2 atom stereocenters. The molecule has 0 amide bonds. The highest BCUT2D eigenvalue weighted by molar-refractivity contribution is 6.29. The third kappa shape index (κ3) is 4.33. The average Bonchev–Trinajstić information content (AvgIpc) is 3.11. The van der Waals surface area contributed by atoms with E-state index >= 15 is 0 Å². The normalized spacial score (nSPS) is 20.0. The van der Waals surface area contributed by atoms with Gasteiger partial charge in [-0.1, -0.05) is 62.6 Å². The Morgan fingerprint density at radius 3 is 2.59 bits per heavy atom. The number of aryl methyl sites for hydroxylation is 1. The van der Waals surface area contributed by atoms with Crippen LogP contribution < -0.4 is 0 Å². The van der Waals surface area contributed by atoms with E-state index in [1.807, 2.05) is 27.0 Å². The van der Waals surface area contributed by atoms with Crippen LogP contribution in [0.2, 0.25) is 5.15 Å². The highest BCUT2D eigenvalue weighted by Gasteiger charge is 2.27. The fourth-order valence-corrected chi connectivity index (χ4v) is 4.14. The molecule has 0 saturated heterocycles. The summed E-state index contributed by atoms with van der Waals surface area (Å²) in [5, 5.41) is 0.723. The molecule has 0 spiro atoms. The van der Waals surface area contributed by atoms with Crippen LogP contribution in [-0.4, -0.2) is 20.6 Å². The van der Waals surface area contributed by atoms with Crippen molar-refractivity contribution < 1.29 is 4.74 Å². The molecule has 1 aliphatic carbocycles. The second-order valence-corrected chi connectivity index (χ2v) is 7.34. The Balaban J connectivity index is 0.00000126. The lowest BCUT2D eigenvalue weighted by Gasteiger charge is -2.24. The summed E-state index contributed by atoms with van der Waals surface area (Å²) in [5.41, 5.74) is 4.94. The molecule has 0 radical (unpaired) electrons. The van der Waals surface area contributed by atoms with E-state index in [1.54, 1.807) is 0 Å². The summed E-state index contributed by atoms with van der Waals surface area (Å²) in [7, 11) is 0. The van der Waals surface area contributed by atoms with Crippen molar-refractivity contribution in [2.75, 3.05) is 6.61 Å². The van der Waals surface area contributed by atoms with Gasteiger partial charge in [0, 0.05) is 12.8 Å². The topological polar surface area (TPSA) is 31.5 Å². The summed E-state index contributed by atoms with van der Waals surface area (Å²) < 4.78 is 9.96. The van der Waals surface area contributed by atoms with Gasteiger partial charge in [0.05, 0.1) is 24.0 Å². The molecular weight excluding hydrogens is 358 g/mol. The van der Waals surface area contributed by atoms with E-state index in [0.717, 1.165) is 35.2 Å². The van der Waals surface area contributed by atoms with Crippen LogP contribution in [0.3, 0.4) is 0 Å². The largest absolute Gasteiger partial charge is 0.375 e. The fourth-order valence-electron chi connectivity index (χ4n) is 3.86. The summed E-state index contributed by atoms with van der Waals surface area (Å²) in [6.07, 6.45) is 8.55. The van der Waals surface area contributed by atoms with Crippen LogP contribution in [0.5, 0.6) is 0 Å². The van der Waals surface area contributed by atoms with E-state index in [4.69, 9.17) is 21.3 Å². The van der Waals surface area contributed by atoms with Gasteiger partial charge in [-0.05, 0) is 39.5 Å². The molecule has 2 heterocycles. The van der Waals surface area contributed by atoms with Crippen molar-refractivity contribution in [1.29, 1.82) is 0 Å². The monoisotopic (exact) mass is 391 g/mol. The molecule has 2 aromatic heterocycles. The first kappa shape index (κ1) is 21.8. The number of rotatable bonds is 5. The zero-order chi connectivity index (χ0) is 20.1. The summed E-state index contributed by atoms with van der Waals surface area (Å²) in [6, 6.07) is 0.189. The van der Waals surface area contributed by atoms with Crippen LogP contribution in [0, 0.1) is 5.92 Å². The van der Waals surface area contributed by atoms with E-state index in [2.05, 4.69) is 48.8 Å². The minimum absolute atomic E-state index is 0.189. The van der Waals surface area contributed by atoms with Gasteiger partial charge in [0.1, 0.15) is 5.15 Å². The van der Waals surface area contributed by atoms with E-state index in [0.29, 0.717) is 19.1 Å². The van der Waals surface area contributed by atoms with Gasteiger partial charge in [-0.25, -0.2) is 4.98 Å². The number of allylic oxidation sites excluding steroid dienone is 4. The molecule has 0 fully saturated rings. The number of hydrogen-bond acceptors (Lipinski definition) is 2. The van der Waals surface area contributed by atoms with Gasteiger partial charge in [0.2, 0.25) is 5.78 Å². The minimum atomic E-state index is 0.189. The maximum Gasteiger partial charge on any atom is 0.216 e. The number of hydrogen-bond donors (Lipinski definition) is 0. The lowest BCUT2D eigenvalue weighted by atomic mass is 9.95. The number of ether oxygens (including phenoxy) is 1. The Morgan fingerprint density at radius 1 is 1.26 bits per heavy atom. The Kier molecular flexibility index (Phi) is 7.75. The SMILES string of the molecule is CC.CCOCc1c(CC)nc2n(C3C(C)=CCC(C)=CC3C)c(Cl)cn12. The minimum Gasteiger partial charge on any atom is -0.375 e. The number of aromatic nitrogens is 3. The van der Waals surface area contributed by atoms with E-state index in [1.165, 1.54) is 11.1 Å². The maximum atomic E-state index is 6.68. The van der Waals surface area contributed by atoms with Crippen LogP contribution in [0.4, 0.5) is 0 Å². The summed E-state index contributed by atoms with van der Waals surface area (Å²) in [5.74, 6) is 1.28. The average molecular weight is 392 g/mol. The van der Waals surface area contributed by atoms with E-state index < -0.39 is 0 Å². The van der Waals surface area contributed by atoms with Crippen molar-refractivity contribution in [2.45, 2.75) is 74.0 Å². The molecule has 4 nitrogen and oxygen atoms in total. The molecule has 27 heavy (non-hydrogen) atoms. The maximum absolute atomic E-state index is 6.68. The molecule has 0 saturated carbocycles.